The van der Waals surface area contributed by atoms with Gasteiger partial charge in [0.05, 0.1) is 11.2 Å². The van der Waals surface area contributed by atoms with Gasteiger partial charge in [-0.3, -0.25) is 14.7 Å². The molecule has 0 radical (unpaired) electrons. The van der Waals surface area contributed by atoms with Crippen LogP contribution in [0.3, 0.4) is 0 Å². The van der Waals surface area contributed by atoms with Crippen molar-refractivity contribution in [2.24, 2.45) is 10.9 Å². The Bertz CT molecular complexity index is 3630. The average Bonchev–Trinajstić information content (AvgIpc) is 4.12. The molecule has 0 saturated heterocycles. The van der Waals surface area contributed by atoms with Crippen LogP contribution in [-0.4, -0.2) is 21.0 Å². The fourth-order valence-corrected chi connectivity index (χ4v) is 11.0. The number of aromatic nitrogens is 2. The summed E-state index contributed by atoms with van der Waals surface area (Å²) in [5.41, 5.74) is 12.8. The predicted molar refractivity (Wildman–Crippen MR) is 307 cm³/mol. The number of anilines is 9. The molecular weight excluding hydrogens is 903 g/mol. The standard InChI is InChI=1S/C67H53N7/c1-8-24-51(25-9-1)70(52-26-10-2-11-27-52)64-40-23-41-65(68-64)71(53-28-12-3-13-29-53)57-38-22-39-60-61-48-59(44-46-63(61)73(62(60)45-43-57)56-34-18-6-19-35-56)74(58-36-20-7-21-37-58)67-49-50(67)42-47-66(69-67)72(54-30-14-4-15-31-54)55-32-16-5-17-33-55/h1-21,23-38,40-48,50H,22,39,49H2/b45-43-,57-38+/t50?,67-/m0/s1. The SMILES string of the molecule is C1=CC2C[C@@]2(N(c2ccccc2)c2ccc3c(c2)c2c(n3-c3ccccc3)/C=C\C(N(c3ccccc3)c3cccc(N(c4ccccc4)c4ccccc4)n3)=C/CC2)N=C1N(c1ccccc1)c1ccccc1. The van der Waals surface area contributed by atoms with E-state index in [-0.39, 0.29) is 5.92 Å². The smallest absolute Gasteiger partial charge is 0.145 e. The van der Waals surface area contributed by atoms with E-state index in [1.165, 1.54) is 22.2 Å². The Morgan fingerprint density at radius 1 is 0.446 bits per heavy atom. The maximum Gasteiger partial charge on any atom is 0.145 e. The molecule has 10 aromatic rings. The lowest BCUT2D eigenvalue weighted by atomic mass is 10.0. The molecule has 2 atom stereocenters. The van der Waals surface area contributed by atoms with Crippen molar-refractivity contribution >= 4 is 74.3 Å². The zero-order chi connectivity index (χ0) is 49.3. The van der Waals surface area contributed by atoms with Crippen LogP contribution in [0.1, 0.15) is 24.1 Å². The lowest BCUT2D eigenvalue weighted by Crippen LogP contribution is -2.38. The van der Waals surface area contributed by atoms with E-state index in [0.29, 0.717) is 0 Å². The second kappa shape index (κ2) is 19.3. The number of rotatable bonds is 12. The van der Waals surface area contributed by atoms with Crippen LogP contribution in [0.25, 0.3) is 22.7 Å². The van der Waals surface area contributed by atoms with Crippen molar-refractivity contribution in [1.82, 2.24) is 9.55 Å². The van der Waals surface area contributed by atoms with Gasteiger partial charge in [0.25, 0.3) is 0 Å². The van der Waals surface area contributed by atoms with Crippen molar-refractivity contribution in [2.75, 3.05) is 19.6 Å². The summed E-state index contributed by atoms with van der Waals surface area (Å²) in [4.78, 5) is 20.6. The Kier molecular flexibility index (Phi) is 11.6. The van der Waals surface area contributed by atoms with Crippen LogP contribution in [0.15, 0.2) is 284 Å². The van der Waals surface area contributed by atoms with Gasteiger partial charge in [-0.25, -0.2) is 9.98 Å². The summed E-state index contributed by atoms with van der Waals surface area (Å²) in [5.74, 6) is 2.82. The predicted octanol–water partition coefficient (Wildman–Crippen LogP) is 16.8. The van der Waals surface area contributed by atoms with Crippen molar-refractivity contribution in [2.45, 2.75) is 24.9 Å². The molecule has 0 bridgehead atoms. The molecule has 8 aromatic carbocycles. The highest BCUT2D eigenvalue weighted by molar-refractivity contribution is 6.12. The molecule has 0 N–H and O–H groups in total. The first kappa shape index (κ1) is 44.5. The highest BCUT2D eigenvalue weighted by Gasteiger charge is 2.60. The van der Waals surface area contributed by atoms with Gasteiger partial charge in [-0.2, -0.15) is 0 Å². The Morgan fingerprint density at radius 3 is 1.51 bits per heavy atom. The van der Waals surface area contributed by atoms with Gasteiger partial charge in [-0.05, 0) is 152 Å². The van der Waals surface area contributed by atoms with E-state index in [2.05, 4.69) is 303 Å². The van der Waals surface area contributed by atoms with Crippen molar-refractivity contribution < 1.29 is 0 Å². The number of nitrogens with zero attached hydrogens (tertiary/aromatic N) is 7. The van der Waals surface area contributed by atoms with E-state index >= 15 is 0 Å². The van der Waals surface area contributed by atoms with Crippen LogP contribution in [0.2, 0.25) is 0 Å². The van der Waals surface area contributed by atoms with Gasteiger partial charge in [0.1, 0.15) is 23.1 Å². The number of hydrogen-bond donors (Lipinski definition) is 0. The zero-order valence-electron chi connectivity index (χ0n) is 40.9. The van der Waals surface area contributed by atoms with Crippen LogP contribution in [0.5, 0.6) is 0 Å². The fraction of sp³-hybridized carbons (Fsp3) is 0.0746. The van der Waals surface area contributed by atoms with Crippen molar-refractivity contribution in [3.63, 3.8) is 0 Å². The van der Waals surface area contributed by atoms with Gasteiger partial charge in [0.2, 0.25) is 0 Å². The first-order chi connectivity index (χ1) is 36.7. The summed E-state index contributed by atoms with van der Waals surface area (Å²) < 4.78 is 2.44. The zero-order valence-corrected chi connectivity index (χ0v) is 40.9. The van der Waals surface area contributed by atoms with E-state index in [4.69, 9.17) is 9.98 Å². The number of pyridine rings is 1. The highest BCUT2D eigenvalue weighted by Crippen LogP contribution is 2.57. The quantitative estimate of drug-likeness (QED) is 0.122. The first-order valence-electron chi connectivity index (χ1n) is 25.6. The number of amidine groups is 1. The number of dihydropyridines is 1. The molecular formula is C67H53N7. The molecule has 7 nitrogen and oxygen atoms in total. The maximum absolute atomic E-state index is 5.81. The van der Waals surface area contributed by atoms with E-state index in [9.17, 15) is 0 Å². The van der Waals surface area contributed by atoms with E-state index in [0.717, 1.165) is 87.9 Å². The lowest BCUT2D eigenvalue weighted by molar-refractivity contribution is 0.647. The average molecular weight is 956 g/mol. The molecule has 356 valence electrons. The Balaban J connectivity index is 0.928. The Morgan fingerprint density at radius 2 is 0.946 bits per heavy atom. The largest absolute Gasteiger partial charge is 0.316 e. The number of fused-ring (bicyclic) bond motifs is 4. The third-order valence-electron chi connectivity index (χ3n) is 14.4. The molecule has 0 amide bonds. The summed E-state index contributed by atoms with van der Waals surface area (Å²) in [6, 6.07) is 87.7. The fourth-order valence-electron chi connectivity index (χ4n) is 11.0. The molecule has 1 saturated carbocycles. The molecule has 1 aliphatic heterocycles. The van der Waals surface area contributed by atoms with Crippen LogP contribution < -0.4 is 19.6 Å². The summed E-state index contributed by atoms with van der Waals surface area (Å²) in [6.45, 7) is 0. The van der Waals surface area contributed by atoms with Gasteiger partial charge in [0.15, 0.2) is 0 Å². The normalized spacial score (nSPS) is 17.6. The number of aryl methyl sites for hydroxylation is 1. The highest BCUT2D eigenvalue weighted by atomic mass is 15.4. The second-order valence-electron chi connectivity index (χ2n) is 19.0. The minimum atomic E-state index is -0.514. The van der Waals surface area contributed by atoms with E-state index in [1.54, 1.807) is 0 Å². The van der Waals surface area contributed by atoms with Crippen LogP contribution >= 0.6 is 0 Å². The lowest BCUT2D eigenvalue weighted by Gasteiger charge is -2.36. The summed E-state index contributed by atoms with van der Waals surface area (Å²) in [6.07, 6.45) is 14.1. The van der Waals surface area contributed by atoms with Crippen LogP contribution in [0.4, 0.5) is 51.4 Å². The van der Waals surface area contributed by atoms with Gasteiger partial charge in [-0.1, -0.05) is 146 Å². The van der Waals surface area contributed by atoms with Gasteiger partial charge in [-0.15, -0.1) is 0 Å². The van der Waals surface area contributed by atoms with E-state index < -0.39 is 5.66 Å². The molecule has 1 fully saturated rings. The topological polar surface area (TPSA) is 43.1 Å². The van der Waals surface area contributed by atoms with E-state index in [1.807, 2.05) is 0 Å². The first-order valence-corrected chi connectivity index (χ1v) is 25.6. The van der Waals surface area contributed by atoms with Gasteiger partial charge >= 0.3 is 0 Å². The van der Waals surface area contributed by atoms with Crippen molar-refractivity contribution in [3.8, 4) is 5.69 Å². The summed E-state index contributed by atoms with van der Waals surface area (Å²) in [7, 11) is 0. The monoisotopic (exact) mass is 955 g/mol. The molecule has 3 heterocycles. The molecule has 1 unspecified atom stereocenters. The number of hydrogen-bond acceptors (Lipinski definition) is 6. The third kappa shape index (κ3) is 8.24. The molecule has 2 aromatic heterocycles. The van der Waals surface area contributed by atoms with Crippen LogP contribution in [0, 0.1) is 5.92 Å². The number of para-hydroxylation sites is 7. The third-order valence-corrected chi connectivity index (χ3v) is 14.4. The number of allylic oxidation sites excluding steroid dienone is 2. The minimum Gasteiger partial charge on any atom is -0.316 e. The Hall–Kier alpha value is -9.46. The molecule has 0 spiro atoms. The van der Waals surface area contributed by atoms with Crippen LogP contribution in [-0.2, 0) is 6.42 Å². The molecule has 74 heavy (non-hydrogen) atoms. The molecule has 13 rings (SSSR count). The minimum absolute atomic E-state index is 0.249. The summed E-state index contributed by atoms with van der Waals surface area (Å²) >= 11 is 0. The number of benzene rings is 8. The molecule has 7 heteroatoms. The molecule has 2 aliphatic carbocycles. The summed E-state index contributed by atoms with van der Waals surface area (Å²) in [5, 5.41) is 1.24. The van der Waals surface area contributed by atoms with Gasteiger partial charge in [0, 0.05) is 68.9 Å². The van der Waals surface area contributed by atoms with Crippen molar-refractivity contribution in [3.05, 3.63) is 290 Å². The molecule has 3 aliphatic rings. The number of aliphatic imine (C=N–C) groups is 1. The van der Waals surface area contributed by atoms with Gasteiger partial charge < -0.3 is 9.47 Å². The maximum atomic E-state index is 5.81. The Labute approximate surface area is 432 Å². The van der Waals surface area contributed by atoms with Crippen molar-refractivity contribution in [1.29, 1.82) is 0 Å². The second-order valence-corrected chi connectivity index (χ2v) is 19.0.